The number of sulfonamides is 1. The molecule has 0 radical (unpaired) electrons. The standard InChI is InChI=1S/C4H11NO4S2/c1-2-11(8,9)5-3-4-10(6)7/h5H,2-4H2,1H3,(H,6,7). The van der Waals surface area contributed by atoms with Crippen molar-refractivity contribution in [3.8, 4) is 0 Å². The summed E-state index contributed by atoms with van der Waals surface area (Å²) in [4.78, 5) is 0. The molecule has 0 aromatic rings. The Morgan fingerprint density at radius 2 is 2.09 bits per heavy atom. The number of hydrogen-bond donors (Lipinski definition) is 2. The van der Waals surface area contributed by atoms with Gasteiger partial charge in [-0.3, -0.25) is 0 Å². The maximum Gasteiger partial charge on any atom is 0.211 e. The molecule has 11 heavy (non-hydrogen) atoms. The maximum atomic E-state index is 10.7. The molecule has 0 bridgehead atoms. The van der Waals surface area contributed by atoms with Crippen LogP contribution in [-0.4, -0.2) is 35.2 Å². The number of hydrogen-bond acceptors (Lipinski definition) is 3. The highest BCUT2D eigenvalue weighted by Crippen LogP contribution is 1.81. The van der Waals surface area contributed by atoms with E-state index in [1.54, 1.807) is 0 Å². The summed E-state index contributed by atoms with van der Waals surface area (Å²) in [5.74, 6) is -0.0791. The molecule has 0 aliphatic rings. The predicted octanol–water partition coefficient (Wildman–Crippen LogP) is -0.853. The van der Waals surface area contributed by atoms with E-state index in [1.807, 2.05) is 0 Å². The topological polar surface area (TPSA) is 83.5 Å². The van der Waals surface area contributed by atoms with Crippen molar-refractivity contribution in [2.45, 2.75) is 6.92 Å². The fraction of sp³-hybridized carbons (Fsp3) is 1.00. The van der Waals surface area contributed by atoms with Crippen LogP contribution in [0, 0.1) is 0 Å². The van der Waals surface area contributed by atoms with E-state index in [4.69, 9.17) is 4.55 Å². The lowest BCUT2D eigenvalue weighted by Crippen LogP contribution is -2.28. The number of nitrogens with one attached hydrogen (secondary N) is 1. The molecule has 0 aliphatic heterocycles. The predicted molar refractivity (Wildman–Crippen MR) is 43.1 cm³/mol. The minimum atomic E-state index is -3.21. The third kappa shape index (κ3) is 6.42. The van der Waals surface area contributed by atoms with Gasteiger partial charge in [-0.2, -0.15) is 0 Å². The van der Waals surface area contributed by atoms with Gasteiger partial charge in [-0.05, 0) is 6.92 Å². The van der Waals surface area contributed by atoms with Gasteiger partial charge in [0.05, 0.1) is 11.5 Å². The van der Waals surface area contributed by atoms with Crippen molar-refractivity contribution < 1.29 is 17.2 Å². The van der Waals surface area contributed by atoms with Crippen LogP contribution in [-0.2, 0) is 21.1 Å². The molecule has 0 aromatic heterocycles. The van der Waals surface area contributed by atoms with E-state index >= 15 is 0 Å². The van der Waals surface area contributed by atoms with E-state index in [-0.39, 0.29) is 18.1 Å². The second-order valence-electron chi connectivity index (χ2n) is 1.82. The molecular weight excluding hydrogens is 190 g/mol. The van der Waals surface area contributed by atoms with Gasteiger partial charge in [0.2, 0.25) is 10.0 Å². The monoisotopic (exact) mass is 201 g/mol. The van der Waals surface area contributed by atoms with Crippen LogP contribution < -0.4 is 4.72 Å². The molecule has 0 aliphatic carbocycles. The Bertz CT molecular complexity index is 222. The minimum Gasteiger partial charge on any atom is -0.306 e. The second kappa shape index (κ2) is 4.81. The van der Waals surface area contributed by atoms with Crippen LogP contribution in [0.25, 0.3) is 0 Å². The summed E-state index contributed by atoms with van der Waals surface area (Å²) in [6.45, 7) is 1.51. The van der Waals surface area contributed by atoms with E-state index in [0.29, 0.717) is 0 Å². The van der Waals surface area contributed by atoms with E-state index in [1.165, 1.54) is 6.92 Å². The maximum absolute atomic E-state index is 10.7. The Labute approximate surface area is 68.5 Å². The van der Waals surface area contributed by atoms with E-state index in [2.05, 4.69) is 4.72 Å². The van der Waals surface area contributed by atoms with Crippen LogP contribution in [0.15, 0.2) is 0 Å². The first-order chi connectivity index (χ1) is 4.98. The van der Waals surface area contributed by atoms with Crippen LogP contribution in [0.3, 0.4) is 0 Å². The average molecular weight is 201 g/mol. The largest absolute Gasteiger partial charge is 0.306 e. The fourth-order valence-corrected chi connectivity index (χ4v) is 1.41. The lowest BCUT2D eigenvalue weighted by Gasteiger charge is -2.00. The van der Waals surface area contributed by atoms with Crippen molar-refractivity contribution in [1.82, 2.24) is 4.72 Å². The first-order valence-electron chi connectivity index (χ1n) is 3.02. The Hall–Kier alpha value is 0.0200. The smallest absolute Gasteiger partial charge is 0.211 e. The van der Waals surface area contributed by atoms with Crippen LogP contribution >= 0.6 is 0 Å². The summed E-state index contributed by atoms with van der Waals surface area (Å²) in [7, 11) is -3.21. The highest BCUT2D eigenvalue weighted by molar-refractivity contribution is 7.89. The van der Waals surface area contributed by atoms with Gasteiger partial charge < -0.3 is 4.55 Å². The summed E-state index contributed by atoms with van der Waals surface area (Å²) in [5.41, 5.74) is 0. The van der Waals surface area contributed by atoms with E-state index in [0.717, 1.165) is 0 Å². The molecule has 0 rings (SSSR count). The average Bonchev–Trinajstić information content (AvgIpc) is 1.87. The van der Waals surface area contributed by atoms with Crippen LogP contribution in [0.5, 0.6) is 0 Å². The van der Waals surface area contributed by atoms with Crippen LogP contribution in [0.4, 0.5) is 0 Å². The van der Waals surface area contributed by atoms with Gasteiger partial charge in [-0.15, -0.1) is 0 Å². The van der Waals surface area contributed by atoms with E-state index in [9.17, 15) is 12.6 Å². The first-order valence-corrected chi connectivity index (χ1v) is 5.95. The van der Waals surface area contributed by atoms with Gasteiger partial charge in [0.15, 0.2) is 11.1 Å². The zero-order valence-corrected chi connectivity index (χ0v) is 7.74. The van der Waals surface area contributed by atoms with Gasteiger partial charge in [-0.1, -0.05) is 0 Å². The third-order valence-electron chi connectivity index (χ3n) is 0.979. The molecule has 1 atom stereocenters. The van der Waals surface area contributed by atoms with Crippen molar-refractivity contribution in [3.05, 3.63) is 0 Å². The summed E-state index contributed by atoms with van der Waals surface area (Å²) >= 11 is -1.93. The molecule has 0 fully saturated rings. The molecule has 0 aromatic carbocycles. The van der Waals surface area contributed by atoms with Crippen molar-refractivity contribution in [2.75, 3.05) is 18.1 Å². The van der Waals surface area contributed by atoms with Gasteiger partial charge in [0.25, 0.3) is 0 Å². The van der Waals surface area contributed by atoms with Gasteiger partial charge in [0, 0.05) is 6.54 Å². The summed E-state index contributed by atoms with van der Waals surface area (Å²) in [6, 6.07) is 0. The molecular formula is C4H11NO4S2. The minimum absolute atomic E-state index is 0.00887. The molecule has 1 unspecified atom stereocenters. The molecule has 0 saturated carbocycles. The Balaban J connectivity index is 3.63. The molecule has 0 saturated heterocycles. The quantitative estimate of drug-likeness (QED) is 0.567. The zero-order chi connectivity index (χ0) is 8.91. The van der Waals surface area contributed by atoms with Gasteiger partial charge in [0.1, 0.15) is 0 Å². The molecule has 0 amide bonds. The van der Waals surface area contributed by atoms with Crippen molar-refractivity contribution >= 4 is 21.1 Å². The van der Waals surface area contributed by atoms with E-state index < -0.39 is 21.1 Å². The summed E-state index contributed by atoms with van der Waals surface area (Å²) in [5, 5.41) is 0. The molecule has 7 heteroatoms. The zero-order valence-electron chi connectivity index (χ0n) is 6.11. The summed E-state index contributed by atoms with van der Waals surface area (Å²) < 4.78 is 41.8. The van der Waals surface area contributed by atoms with Crippen molar-refractivity contribution in [1.29, 1.82) is 0 Å². The van der Waals surface area contributed by atoms with Crippen molar-refractivity contribution in [3.63, 3.8) is 0 Å². The van der Waals surface area contributed by atoms with Crippen LogP contribution in [0.2, 0.25) is 0 Å². The third-order valence-corrected chi connectivity index (χ3v) is 2.94. The molecule has 0 heterocycles. The lowest BCUT2D eigenvalue weighted by molar-refractivity contribution is 0.561. The van der Waals surface area contributed by atoms with Gasteiger partial charge in [-0.25, -0.2) is 17.3 Å². The SMILES string of the molecule is CCS(=O)(=O)NCCS(=O)O. The second-order valence-corrected chi connectivity index (χ2v) is 4.97. The Morgan fingerprint density at radius 3 is 2.45 bits per heavy atom. The highest BCUT2D eigenvalue weighted by atomic mass is 32.2. The first kappa shape index (κ1) is 11.0. The lowest BCUT2D eigenvalue weighted by atomic mass is 10.8. The Kier molecular flexibility index (Phi) is 4.82. The highest BCUT2D eigenvalue weighted by Gasteiger charge is 2.05. The normalized spacial score (nSPS) is 14.7. The van der Waals surface area contributed by atoms with Crippen molar-refractivity contribution in [2.24, 2.45) is 0 Å². The molecule has 0 spiro atoms. The summed E-state index contributed by atoms with van der Waals surface area (Å²) in [6.07, 6.45) is 0. The molecule has 2 N–H and O–H groups in total. The fourth-order valence-electron chi connectivity index (χ4n) is 0.387. The number of rotatable bonds is 5. The molecule has 68 valence electrons. The molecule has 5 nitrogen and oxygen atoms in total. The van der Waals surface area contributed by atoms with Crippen LogP contribution in [0.1, 0.15) is 6.92 Å². The van der Waals surface area contributed by atoms with Gasteiger partial charge >= 0.3 is 0 Å². The Morgan fingerprint density at radius 1 is 1.55 bits per heavy atom.